The molecule has 0 bridgehead atoms. The van der Waals surface area contributed by atoms with Crippen molar-refractivity contribution in [3.63, 3.8) is 0 Å². The summed E-state index contributed by atoms with van der Waals surface area (Å²) in [5.41, 5.74) is 0. The fourth-order valence-corrected chi connectivity index (χ4v) is 2.45. The number of likely N-dealkylation sites (N-methyl/N-ethyl adjacent to an activating group) is 1. The standard InChI is InChI=1S/C13H18N4O2/c1-14-10-4-2-6-17(8-10)9-12-15-13(19-16-12)11-5-3-7-18-11/h3,5,7,10,14H,2,4,6,8-9H2,1H3. The fourth-order valence-electron chi connectivity index (χ4n) is 2.45. The summed E-state index contributed by atoms with van der Waals surface area (Å²) in [6, 6.07) is 4.18. The van der Waals surface area contributed by atoms with Crippen molar-refractivity contribution < 1.29 is 8.94 Å². The molecule has 1 unspecified atom stereocenters. The Bertz CT molecular complexity index is 508. The summed E-state index contributed by atoms with van der Waals surface area (Å²) in [6.45, 7) is 2.84. The first kappa shape index (κ1) is 12.4. The number of rotatable bonds is 4. The number of aromatic nitrogens is 2. The quantitative estimate of drug-likeness (QED) is 0.901. The average Bonchev–Trinajstić information content (AvgIpc) is 3.09. The molecule has 0 aliphatic carbocycles. The third-order valence-corrected chi connectivity index (χ3v) is 3.48. The molecule has 3 rings (SSSR count). The zero-order valence-electron chi connectivity index (χ0n) is 11.0. The Morgan fingerprint density at radius 2 is 2.47 bits per heavy atom. The summed E-state index contributed by atoms with van der Waals surface area (Å²) >= 11 is 0. The predicted molar refractivity (Wildman–Crippen MR) is 69.4 cm³/mol. The van der Waals surface area contributed by atoms with Gasteiger partial charge in [0.1, 0.15) is 0 Å². The number of nitrogens with zero attached hydrogens (tertiary/aromatic N) is 3. The van der Waals surface area contributed by atoms with E-state index in [9.17, 15) is 0 Å². The number of furan rings is 1. The first-order valence-electron chi connectivity index (χ1n) is 6.61. The topological polar surface area (TPSA) is 67.3 Å². The van der Waals surface area contributed by atoms with E-state index in [0.717, 1.165) is 19.6 Å². The van der Waals surface area contributed by atoms with E-state index >= 15 is 0 Å². The van der Waals surface area contributed by atoms with Crippen molar-refractivity contribution in [1.29, 1.82) is 0 Å². The van der Waals surface area contributed by atoms with Crippen LogP contribution < -0.4 is 5.32 Å². The molecule has 1 aliphatic heterocycles. The van der Waals surface area contributed by atoms with E-state index in [1.165, 1.54) is 12.8 Å². The van der Waals surface area contributed by atoms with Gasteiger partial charge in [-0.05, 0) is 38.6 Å². The molecule has 0 saturated carbocycles. The van der Waals surface area contributed by atoms with Crippen LogP contribution >= 0.6 is 0 Å². The van der Waals surface area contributed by atoms with Gasteiger partial charge in [-0.15, -0.1) is 0 Å². The Balaban J connectivity index is 1.64. The van der Waals surface area contributed by atoms with Gasteiger partial charge in [-0.1, -0.05) is 5.16 Å². The average molecular weight is 262 g/mol. The highest BCUT2D eigenvalue weighted by Gasteiger charge is 2.20. The van der Waals surface area contributed by atoms with Gasteiger partial charge in [0.05, 0.1) is 12.8 Å². The predicted octanol–water partition coefficient (Wildman–Crippen LogP) is 1.51. The number of piperidine rings is 1. The van der Waals surface area contributed by atoms with Crippen molar-refractivity contribution in [2.45, 2.75) is 25.4 Å². The largest absolute Gasteiger partial charge is 0.459 e. The van der Waals surface area contributed by atoms with Crippen LogP contribution in [-0.4, -0.2) is 41.2 Å². The molecular formula is C13H18N4O2. The van der Waals surface area contributed by atoms with Crippen LogP contribution in [0.3, 0.4) is 0 Å². The summed E-state index contributed by atoms with van der Waals surface area (Å²) in [6.07, 6.45) is 4.03. The zero-order valence-corrected chi connectivity index (χ0v) is 11.0. The Labute approximate surface area is 111 Å². The van der Waals surface area contributed by atoms with Gasteiger partial charge in [-0.2, -0.15) is 4.98 Å². The first-order valence-corrected chi connectivity index (χ1v) is 6.61. The maximum Gasteiger partial charge on any atom is 0.293 e. The van der Waals surface area contributed by atoms with Crippen molar-refractivity contribution >= 4 is 0 Å². The lowest BCUT2D eigenvalue weighted by atomic mass is 10.1. The smallest absolute Gasteiger partial charge is 0.293 e. The molecule has 2 aromatic heterocycles. The van der Waals surface area contributed by atoms with E-state index in [0.29, 0.717) is 23.5 Å². The van der Waals surface area contributed by atoms with Gasteiger partial charge in [0.2, 0.25) is 0 Å². The molecule has 0 aromatic carbocycles. The van der Waals surface area contributed by atoms with E-state index in [1.54, 1.807) is 12.3 Å². The highest BCUT2D eigenvalue weighted by molar-refractivity contribution is 5.42. The fraction of sp³-hybridized carbons (Fsp3) is 0.538. The molecule has 2 aromatic rings. The Kier molecular flexibility index (Phi) is 3.61. The summed E-state index contributed by atoms with van der Waals surface area (Å²) in [7, 11) is 2.01. The second-order valence-corrected chi connectivity index (χ2v) is 4.86. The number of likely N-dealkylation sites (tertiary alicyclic amines) is 1. The van der Waals surface area contributed by atoms with E-state index in [-0.39, 0.29) is 0 Å². The van der Waals surface area contributed by atoms with E-state index in [4.69, 9.17) is 8.94 Å². The molecule has 6 heteroatoms. The molecular weight excluding hydrogens is 244 g/mol. The summed E-state index contributed by atoms with van der Waals surface area (Å²) < 4.78 is 10.4. The van der Waals surface area contributed by atoms with Gasteiger partial charge in [0.15, 0.2) is 11.6 Å². The molecule has 0 radical (unpaired) electrons. The monoisotopic (exact) mass is 262 g/mol. The van der Waals surface area contributed by atoms with Crippen LogP contribution in [0, 0.1) is 0 Å². The molecule has 3 heterocycles. The molecule has 1 atom stereocenters. The van der Waals surface area contributed by atoms with Crippen molar-refractivity contribution in [1.82, 2.24) is 20.4 Å². The van der Waals surface area contributed by atoms with Crippen molar-refractivity contribution in [3.8, 4) is 11.7 Å². The minimum atomic E-state index is 0.446. The van der Waals surface area contributed by atoms with Crippen molar-refractivity contribution in [3.05, 3.63) is 24.2 Å². The van der Waals surface area contributed by atoms with Crippen LogP contribution in [0.15, 0.2) is 27.3 Å². The summed E-state index contributed by atoms with van der Waals surface area (Å²) in [4.78, 5) is 6.71. The second kappa shape index (κ2) is 5.54. The lowest BCUT2D eigenvalue weighted by molar-refractivity contribution is 0.182. The number of nitrogens with one attached hydrogen (secondary N) is 1. The minimum absolute atomic E-state index is 0.446. The highest BCUT2D eigenvalue weighted by Crippen LogP contribution is 2.18. The summed E-state index contributed by atoms with van der Waals surface area (Å²) in [5.74, 6) is 1.77. The third-order valence-electron chi connectivity index (χ3n) is 3.48. The van der Waals surface area contributed by atoms with Gasteiger partial charge in [0.25, 0.3) is 5.89 Å². The lowest BCUT2D eigenvalue weighted by Crippen LogP contribution is -2.44. The normalized spacial score (nSPS) is 20.8. The lowest BCUT2D eigenvalue weighted by Gasteiger charge is -2.31. The Morgan fingerprint density at radius 1 is 1.53 bits per heavy atom. The van der Waals surface area contributed by atoms with Crippen LogP contribution in [-0.2, 0) is 6.54 Å². The van der Waals surface area contributed by atoms with Gasteiger partial charge in [0, 0.05) is 12.6 Å². The van der Waals surface area contributed by atoms with Gasteiger partial charge in [-0.3, -0.25) is 4.90 Å². The van der Waals surface area contributed by atoms with E-state index in [1.807, 2.05) is 13.1 Å². The number of hydrogen-bond donors (Lipinski definition) is 1. The third kappa shape index (κ3) is 2.85. The maximum absolute atomic E-state index is 5.24. The van der Waals surface area contributed by atoms with E-state index in [2.05, 4.69) is 20.4 Å². The molecule has 0 amide bonds. The van der Waals surface area contributed by atoms with E-state index < -0.39 is 0 Å². The van der Waals surface area contributed by atoms with Crippen LogP contribution in [0.25, 0.3) is 11.7 Å². The van der Waals surface area contributed by atoms with Crippen molar-refractivity contribution in [2.75, 3.05) is 20.1 Å². The molecule has 6 nitrogen and oxygen atoms in total. The van der Waals surface area contributed by atoms with Crippen LogP contribution in [0.4, 0.5) is 0 Å². The molecule has 0 spiro atoms. The van der Waals surface area contributed by atoms with Crippen LogP contribution in [0.1, 0.15) is 18.7 Å². The number of hydrogen-bond acceptors (Lipinski definition) is 6. The zero-order chi connectivity index (χ0) is 13.1. The van der Waals surface area contributed by atoms with Gasteiger partial charge < -0.3 is 14.3 Å². The van der Waals surface area contributed by atoms with Crippen LogP contribution in [0.2, 0.25) is 0 Å². The Morgan fingerprint density at radius 3 is 3.26 bits per heavy atom. The van der Waals surface area contributed by atoms with Gasteiger partial charge >= 0.3 is 0 Å². The molecule has 1 N–H and O–H groups in total. The minimum Gasteiger partial charge on any atom is -0.459 e. The van der Waals surface area contributed by atoms with Crippen LogP contribution in [0.5, 0.6) is 0 Å². The second-order valence-electron chi connectivity index (χ2n) is 4.86. The summed E-state index contributed by atoms with van der Waals surface area (Å²) in [5, 5.41) is 7.34. The molecule has 1 aliphatic rings. The maximum atomic E-state index is 5.24. The highest BCUT2D eigenvalue weighted by atomic mass is 16.5. The molecule has 102 valence electrons. The van der Waals surface area contributed by atoms with Crippen molar-refractivity contribution in [2.24, 2.45) is 0 Å². The molecule has 19 heavy (non-hydrogen) atoms. The molecule has 1 fully saturated rings. The SMILES string of the molecule is CNC1CCCN(Cc2noc(-c3ccco3)n2)C1. The molecule has 1 saturated heterocycles. The van der Waals surface area contributed by atoms with Gasteiger partial charge in [-0.25, -0.2) is 0 Å². The Hall–Kier alpha value is -1.66. The first-order chi connectivity index (χ1) is 9.35.